The number of hydrogen-bond acceptors (Lipinski definition) is 3. The quantitative estimate of drug-likeness (QED) is 0.833. The van der Waals surface area contributed by atoms with Crippen LogP contribution in [0.1, 0.15) is 0 Å². The van der Waals surface area contributed by atoms with Gasteiger partial charge < -0.3 is 5.32 Å². The Hall–Kier alpha value is -1.68. The average Bonchev–Trinajstić information content (AvgIpc) is 2.33. The number of nitrogens with zero attached hydrogens (tertiary/aromatic N) is 1. The van der Waals surface area contributed by atoms with Crippen LogP contribution in [-0.4, -0.2) is 0 Å². The summed E-state index contributed by atoms with van der Waals surface area (Å²) >= 11 is 3.38. The summed E-state index contributed by atoms with van der Waals surface area (Å²) in [6, 6.07) is 14.9. The third-order valence-corrected chi connectivity index (χ3v) is 2.79. The largest absolute Gasteiger partial charge is 0.353 e. The number of anilines is 2. The summed E-state index contributed by atoms with van der Waals surface area (Å²) in [6.45, 7) is 0. The van der Waals surface area contributed by atoms with Crippen molar-refractivity contribution in [2.45, 2.75) is 0 Å². The van der Waals surface area contributed by atoms with Gasteiger partial charge in [0.1, 0.15) is 5.69 Å². The number of para-hydroxylation sites is 2. The molecule has 80 valence electrons. The van der Waals surface area contributed by atoms with Gasteiger partial charge in [0.05, 0.1) is 5.69 Å². The van der Waals surface area contributed by atoms with Crippen LogP contribution in [0.5, 0.6) is 0 Å². The Balaban J connectivity index is 2.38. The molecular weight excluding hydrogens is 268 g/mol. The lowest BCUT2D eigenvalue weighted by atomic mass is 10.2. The lowest BCUT2D eigenvalue weighted by molar-refractivity contribution is 1.44. The minimum atomic E-state index is 0.387. The second kappa shape index (κ2) is 4.90. The van der Waals surface area contributed by atoms with E-state index in [0.29, 0.717) is 11.4 Å². The van der Waals surface area contributed by atoms with Gasteiger partial charge >= 0.3 is 0 Å². The predicted molar refractivity (Wildman–Crippen MR) is 69.3 cm³/mol. The van der Waals surface area contributed by atoms with Gasteiger partial charge in [0.2, 0.25) is 0 Å². The summed E-state index contributed by atoms with van der Waals surface area (Å²) in [4.78, 5) is 10.7. The first kappa shape index (κ1) is 10.8. The van der Waals surface area contributed by atoms with Gasteiger partial charge in [-0.1, -0.05) is 24.3 Å². The molecule has 0 fully saturated rings. The second-order valence-corrected chi connectivity index (χ2v) is 4.07. The van der Waals surface area contributed by atoms with Crippen LogP contribution in [0.4, 0.5) is 17.1 Å². The molecule has 2 aromatic rings. The average molecular weight is 277 g/mol. The van der Waals surface area contributed by atoms with E-state index >= 15 is 0 Å². The number of hydrogen-bond donors (Lipinski definition) is 1. The molecule has 2 rings (SSSR count). The highest BCUT2D eigenvalue weighted by molar-refractivity contribution is 9.10. The molecule has 0 saturated heterocycles. The maximum absolute atomic E-state index is 10.7. The highest BCUT2D eigenvalue weighted by Crippen LogP contribution is 2.34. The van der Waals surface area contributed by atoms with E-state index in [9.17, 15) is 4.91 Å². The Labute approximate surface area is 102 Å². The van der Waals surface area contributed by atoms with Crippen LogP contribution in [-0.2, 0) is 0 Å². The van der Waals surface area contributed by atoms with E-state index in [1.165, 1.54) is 0 Å². The third kappa shape index (κ3) is 2.28. The van der Waals surface area contributed by atoms with E-state index in [2.05, 4.69) is 26.4 Å². The summed E-state index contributed by atoms with van der Waals surface area (Å²) in [5, 5.41) is 6.14. The first-order valence-electron chi connectivity index (χ1n) is 4.75. The van der Waals surface area contributed by atoms with Crippen molar-refractivity contribution in [2.24, 2.45) is 5.18 Å². The molecule has 0 aliphatic rings. The maximum Gasteiger partial charge on any atom is 0.132 e. The Morgan fingerprint density at radius 3 is 2.44 bits per heavy atom. The van der Waals surface area contributed by atoms with Gasteiger partial charge in [-0.2, -0.15) is 0 Å². The molecule has 0 saturated carbocycles. The van der Waals surface area contributed by atoms with Crippen LogP contribution in [0.3, 0.4) is 0 Å². The Bertz CT molecular complexity index is 500. The van der Waals surface area contributed by atoms with E-state index in [4.69, 9.17) is 0 Å². The molecule has 0 aliphatic heterocycles. The monoisotopic (exact) mass is 276 g/mol. The van der Waals surface area contributed by atoms with Crippen molar-refractivity contribution < 1.29 is 0 Å². The molecule has 0 aliphatic carbocycles. The fraction of sp³-hybridized carbons (Fsp3) is 0. The highest BCUT2D eigenvalue weighted by Gasteiger charge is 2.06. The lowest BCUT2D eigenvalue weighted by Gasteiger charge is -2.09. The molecule has 0 spiro atoms. The molecule has 1 N–H and O–H groups in total. The number of nitroso groups, excluding NO2 is 1. The van der Waals surface area contributed by atoms with Crippen LogP contribution in [0.15, 0.2) is 58.2 Å². The maximum atomic E-state index is 10.7. The van der Waals surface area contributed by atoms with E-state index < -0.39 is 0 Å². The molecule has 0 atom stereocenters. The van der Waals surface area contributed by atoms with Crippen molar-refractivity contribution in [3.63, 3.8) is 0 Å². The van der Waals surface area contributed by atoms with Gasteiger partial charge in [0.15, 0.2) is 0 Å². The summed E-state index contributed by atoms with van der Waals surface area (Å²) < 4.78 is 0.813. The normalized spacial score (nSPS) is 9.81. The van der Waals surface area contributed by atoms with Gasteiger partial charge in [0, 0.05) is 10.2 Å². The molecule has 0 radical (unpaired) electrons. The van der Waals surface area contributed by atoms with Gasteiger partial charge in [-0.25, -0.2) is 0 Å². The smallest absolute Gasteiger partial charge is 0.132 e. The van der Waals surface area contributed by atoms with E-state index in [1.54, 1.807) is 12.1 Å². The van der Waals surface area contributed by atoms with Gasteiger partial charge in [0.25, 0.3) is 0 Å². The SMILES string of the molecule is O=Nc1cccc(Br)c1Nc1ccccc1. The molecule has 0 unspecified atom stereocenters. The molecule has 0 aromatic heterocycles. The zero-order chi connectivity index (χ0) is 11.4. The number of benzene rings is 2. The topological polar surface area (TPSA) is 41.5 Å². The first-order valence-corrected chi connectivity index (χ1v) is 5.54. The molecular formula is C12H9BrN2O. The van der Waals surface area contributed by atoms with Gasteiger partial charge in [-0.05, 0) is 45.4 Å². The van der Waals surface area contributed by atoms with Crippen molar-refractivity contribution in [1.29, 1.82) is 0 Å². The van der Waals surface area contributed by atoms with Crippen molar-refractivity contribution >= 4 is 33.0 Å². The zero-order valence-corrected chi connectivity index (χ0v) is 9.94. The summed E-state index contributed by atoms with van der Waals surface area (Å²) in [6.07, 6.45) is 0. The van der Waals surface area contributed by atoms with Crippen molar-refractivity contribution in [3.05, 3.63) is 57.9 Å². The molecule has 3 nitrogen and oxygen atoms in total. The van der Waals surface area contributed by atoms with Crippen molar-refractivity contribution in [3.8, 4) is 0 Å². The molecule has 2 aromatic carbocycles. The number of halogens is 1. The standard InChI is InChI=1S/C12H9BrN2O/c13-10-7-4-8-11(15-16)12(10)14-9-5-2-1-3-6-9/h1-8,14H. The predicted octanol–water partition coefficient (Wildman–Crippen LogP) is 4.59. The van der Waals surface area contributed by atoms with Crippen LogP contribution < -0.4 is 5.32 Å². The highest BCUT2D eigenvalue weighted by atomic mass is 79.9. The van der Waals surface area contributed by atoms with Crippen LogP contribution in [0.25, 0.3) is 0 Å². The second-order valence-electron chi connectivity index (χ2n) is 3.22. The summed E-state index contributed by atoms with van der Waals surface area (Å²) in [5.41, 5.74) is 1.99. The van der Waals surface area contributed by atoms with E-state index in [1.807, 2.05) is 36.4 Å². The number of rotatable bonds is 3. The minimum absolute atomic E-state index is 0.387. The molecule has 16 heavy (non-hydrogen) atoms. The van der Waals surface area contributed by atoms with Gasteiger partial charge in [-0.3, -0.25) is 0 Å². The minimum Gasteiger partial charge on any atom is -0.353 e. The van der Waals surface area contributed by atoms with Crippen LogP contribution >= 0.6 is 15.9 Å². The Kier molecular flexibility index (Phi) is 3.31. The molecule has 0 amide bonds. The third-order valence-electron chi connectivity index (χ3n) is 2.13. The van der Waals surface area contributed by atoms with Crippen molar-refractivity contribution in [1.82, 2.24) is 0 Å². The van der Waals surface area contributed by atoms with E-state index in [-0.39, 0.29) is 0 Å². The molecule has 4 heteroatoms. The molecule has 0 bridgehead atoms. The first-order chi connectivity index (χ1) is 7.81. The Morgan fingerprint density at radius 1 is 1.00 bits per heavy atom. The van der Waals surface area contributed by atoms with Crippen molar-refractivity contribution in [2.75, 3.05) is 5.32 Å². The lowest BCUT2D eigenvalue weighted by Crippen LogP contribution is -1.91. The fourth-order valence-electron chi connectivity index (χ4n) is 1.38. The van der Waals surface area contributed by atoms with Gasteiger partial charge in [-0.15, -0.1) is 4.91 Å². The summed E-state index contributed by atoms with van der Waals surface area (Å²) in [5.74, 6) is 0. The van der Waals surface area contributed by atoms with Crippen LogP contribution in [0, 0.1) is 4.91 Å². The molecule has 0 heterocycles. The summed E-state index contributed by atoms with van der Waals surface area (Å²) in [7, 11) is 0. The number of nitrogens with one attached hydrogen (secondary N) is 1. The fourth-order valence-corrected chi connectivity index (χ4v) is 1.83. The van der Waals surface area contributed by atoms with Crippen LogP contribution in [0.2, 0.25) is 0 Å². The van der Waals surface area contributed by atoms with E-state index in [0.717, 1.165) is 10.2 Å². The Morgan fingerprint density at radius 2 is 1.75 bits per heavy atom. The zero-order valence-electron chi connectivity index (χ0n) is 8.35.